The summed E-state index contributed by atoms with van der Waals surface area (Å²) < 4.78 is 68.3. The van der Waals surface area contributed by atoms with Gasteiger partial charge in [-0.15, -0.1) is 0 Å². The zero-order chi connectivity index (χ0) is 65.9. The second-order valence-corrected chi connectivity index (χ2v) is 29.4. The number of phosphoric acid groups is 2. The van der Waals surface area contributed by atoms with Crippen LogP contribution < -0.4 is 0 Å². The van der Waals surface area contributed by atoms with Gasteiger partial charge >= 0.3 is 39.5 Å². The Bertz CT molecular complexity index is 1750. The molecule has 0 aliphatic carbocycles. The fourth-order valence-corrected chi connectivity index (χ4v) is 12.1. The minimum atomic E-state index is -4.95. The first kappa shape index (κ1) is 87.1. The number of phosphoric ester groups is 2. The Labute approximate surface area is 543 Å². The van der Waals surface area contributed by atoms with Crippen molar-refractivity contribution in [3.8, 4) is 0 Å². The molecule has 0 heterocycles. The number of hydrogen-bond donors (Lipinski definition) is 3. The highest BCUT2D eigenvalue weighted by Gasteiger charge is 2.30. The second kappa shape index (κ2) is 61.0. The molecule has 0 radical (unpaired) electrons. The summed E-state index contributed by atoms with van der Waals surface area (Å²) in [5.41, 5.74) is 0. The van der Waals surface area contributed by atoms with Crippen LogP contribution in [0.25, 0.3) is 0 Å². The molecule has 0 rings (SSSR count). The van der Waals surface area contributed by atoms with Crippen LogP contribution in [0.1, 0.15) is 350 Å². The molecule has 17 nitrogen and oxygen atoms in total. The molecule has 3 N–H and O–H groups in total. The molecule has 528 valence electrons. The van der Waals surface area contributed by atoms with Crippen molar-refractivity contribution >= 4 is 39.5 Å². The minimum Gasteiger partial charge on any atom is -0.462 e. The summed E-state index contributed by atoms with van der Waals surface area (Å²) in [5.74, 6) is 0.178. The van der Waals surface area contributed by atoms with Crippen molar-refractivity contribution < 1.29 is 80.2 Å². The van der Waals surface area contributed by atoms with Crippen molar-refractivity contribution in [2.75, 3.05) is 39.6 Å². The molecular weight excluding hydrogens is 1170 g/mol. The zero-order valence-corrected chi connectivity index (χ0v) is 59.7. The predicted molar refractivity (Wildman–Crippen MR) is 358 cm³/mol. The summed E-state index contributed by atoms with van der Waals surface area (Å²) in [5, 5.41) is 10.6. The lowest BCUT2D eigenvalue weighted by Crippen LogP contribution is -2.30. The van der Waals surface area contributed by atoms with Gasteiger partial charge in [-0.3, -0.25) is 37.3 Å². The van der Waals surface area contributed by atoms with Gasteiger partial charge in [0.2, 0.25) is 0 Å². The van der Waals surface area contributed by atoms with E-state index in [0.717, 1.165) is 108 Å². The van der Waals surface area contributed by atoms with Gasteiger partial charge in [-0.05, 0) is 43.4 Å². The van der Waals surface area contributed by atoms with Crippen LogP contribution >= 0.6 is 15.6 Å². The largest absolute Gasteiger partial charge is 0.472 e. The molecule has 89 heavy (non-hydrogen) atoms. The van der Waals surface area contributed by atoms with Crippen LogP contribution in [0.5, 0.6) is 0 Å². The minimum absolute atomic E-state index is 0.105. The number of aliphatic hydroxyl groups is 1. The van der Waals surface area contributed by atoms with Crippen molar-refractivity contribution in [2.24, 2.45) is 17.8 Å². The number of rotatable bonds is 68. The van der Waals surface area contributed by atoms with Gasteiger partial charge in [0.15, 0.2) is 12.2 Å². The highest BCUT2D eigenvalue weighted by atomic mass is 31.2. The SMILES string of the molecule is CCCCCCCCCCCC(=O)OC[C@H](COP(=O)(O)OC[C@H](O)COP(=O)(O)OC[C@@H](COC(=O)CCCCCCCCCCCCCC(C)C)OC(=O)CCCCCCCCCCCCCC(C)C)OC(=O)CCCCCCCCCCC(C)CC. The van der Waals surface area contributed by atoms with E-state index < -0.39 is 97.5 Å². The number of carbonyl (C=O) groups is 4. The molecule has 19 heteroatoms. The summed E-state index contributed by atoms with van der Waals surface area (Å²) >= 11 is 0. The normalized spacial score (nSPS) is 14.5. The van der Waals surface area contributed by atoms with E-state index in [1.165, 1.54) is 161 Å². The van der Waals surface area contributed by atoms with E-state index in [-0.39, 0.29) is 25.7 Å². The van der Waals surface area contributed by atoms with Crippen LogP contribution in [0.15, 0.2) is 0 Å². The highest BCUT2D eigenvalue weighted by molar-refractivity contribution is 7.47. The molecule has 0 aliphatic heterocycles. The van der Waals surface area contributed by atoms with E-state index in [2.05, 4.69) is 48.5 Å². The molecule has 3 unspecified atom stereocenters. The van der Waals surface area contributed by atoms with Gasteiger partial charge in [0.1, 0.15) is 19.3 Å². The number of hydrogen-bond acceptors (Lipinski definition) is 15. The van der Waals surface area contributed by atoms with Crippen LogP contribution in [0.4, 0.5) is 0 Å². The van der Waals surface area contributed by atoms with Gasteiger partial charge in [-0.25, -0.2) is 9.13 Å². The Kier molecular flexibility index (Phi) is 59.6. The summed E-state index contributed by atoms with van der Waals surface area (Å²) in [6.45, 7) is 11.8. The van der Waals surface area contributed by atoms with Gasteiger partial charge < -0.3 is 33.8 Å². The Morgan fingerprint density at radius 3 is 0.854 bits per heavy atom. The van der Waals surface area contributed by atoms with Crippen molar-refractivity contribution in [1.29, 1.82) is 0 Å². The Hall–Kier alpha value is -1.94. The zero-order valence-electron chi connectivity index (χ0n) is 57.9. The average molecular weight is 1310 g/mol. The van der Waals surface area contributed by atoms with Crippen LogP contribution in [0.2, 0.25) is 0 Å². The lowest BCUT2D eigenvalue weighted by Gasteiger charge is -2.21. The molecular formula is C70H136O17P2. The fraction of sp³-hybridized carbons (Fsp3) is 0.943. The maximum Gasteiger partial charge on any atom is 0.472 e. The first-order chi connectivity index (χ1) is 42.8. The number of carbonyl (C=O) groups excluding carboxylic acids is 4. The molecule has 0 aromatic carbocycles. The van der Waals surface area contributed by atoms with E-state index in [1.807, 2.05) is 0 Å². The second-order valence-electron chi connectivity index (χ2n) is 26.5. The molecule has 6 atom stereocenters. The number of esters is 4. The molecule has 0 spiro atoms. The Morgan fingerprint density at radius 1 is 0.326 bits per heavy atom. The smallest absolute Gasteiger partial charge is 0.462 e. The molecule has 0 fully saturated rings. The van der Waals surface area contributed by atoms with Crippen molar-refractivity contribution in [3.05, 3.63) is 0 Å². The molecule has 0 amide bonds. The topological polar surface area (TPSA) is 237 Å². The van der Waals surface area contributed by atoms with Crippen molar-refractivity contribution in [3.63, 3.8) is 0 Å². The predicted octanol–water partition coefficient (Wildman–Crippen LogP) is 19.8. The molecule has 0 saturated carbocycles. The van der Waals surface area contributed by atoms with Gasteiger partial charge in [-0.2, -0.15) is 0 Å². The van der Waals surface area contributed by atoms with Crippen molar-refractivity contribution in [2.45, 2.75) is 369 Å². The summed E-state index contributed by atoms with van der Waals surface area (Å²) in [4.78, 5) is 72.5. The van der Waals surface area contributed by atoms with Crippen LogP contribution in [0.3, 0.4) is 0 Å². The van der Waals surface area contributed by atoms with Crippen LogP contribution in [-0.2, 0) is 65.4 Å². The van der Waals surface area contributed by atoms with Gasteiger partial charge in [0, 0.05) is 25.7 Å². The average Bonchev–Trinajstić information content (AvgIpc) is 3.66. The van der Waals surface area contributed by atoms with E-state index >= 15 is 0 Å². The fourth-order valence-electron chi connectivity index (χ4n) is 10.5. The van der Waals surface area contributed by atoms with Crippen LogP contribution in [-0.4, -0.2) is 96.7 Å². The highest BCUT2D eigenvalue weighted by Crippen LogP contribution is 2.45. The summed E-state index contributed by atoms with van der Waals surface area (Å²) in [6, 6.07) is 0. The first-order valence-electron chi connectivity index (χ1n) is 36.4. The van der Waals surface area contributed by atoms with E-state index in [1.54, 1.807) is 0 Å². The number of ether oxygens (including phenoxy) is 4. The maximum atomic E-state index is 13.0. The van der Waals surface area contributed by atoms with Crippen LogP contribution in [0, 0.1) is 17.8 Å². The maximum absolute atomic E-state index is 13.0. The lowest BCUT2D eigenvalue weighted by molar-refractivity contribution is -0.161. The number of unbranched alkanes of at least 4 members (excludes halogenated alkanes) is 35. The molecule has 0 aromatic heterocycles. The first-order valence-corrected chi connectivity index (χ1v) is 39.4. The number of aliphatic hydroxyl groups excluding tert-OH is 1. The third kappa shape index (κ3) is 63.2. The van der Waals surface area contributed by atoms with Gasteiger partial charge in [-0.1, -0.05) is 299 Å². The standard InChI is InChI=1S/C70H136O17P2/c1-8-10-11-12-13-20-30-37-44-51-67(72)80-57-66(87-70(75)54-47-40-33-26-25-29-36-43-50-63(7)9-2)60-85-89(78,79)83-56-64(71)55-82-88(76,77)84-59-65(86-69(74)53-46-39-32-24-19-15-17-22-28-35-42-49-62(5)6)58-81-68(73)52-45-38-31-23-18-14-16-21-27-34-41-48-61(3)4/h61-66,71H,8-60H2,1-7H3,(H,76,77)(H,78,79)/t63?,64-,65-,66-/m1/s1. The van der Waals surface area contributed by atoms with E-state index in [0.29, 0.717) is 25.7 Å². The molecule has 0 aromatic rings. The van der Waals surface area contributed by atoms with E-state index in [4.69, 9.17) is 37.0 Å². The van der Waals surface area contributed by atoms with Gasteiger partial charge in [0.25, 0.3) is 0 Å². The van der Waals surface area contributed by atoms with Gasteiger partial charge in [0.05, 0.1) is 26.4 Å². The Balaban J connectivity index is 5.25. The van der Waals surface area contributed by atoms with E-state index in [9.17, 15) is 43.2 Å². The summed E-state index contributed by atoms with van der Waals surface area (Å²) in [7, 11) is -9.90. The Morgan fingerprint density at radius 2 is 0.573 bits per heavy atom. The molecule has 0 aliphatic rings. The third-order valence-corrected chi connectivity index (χ3v) is 18.4. The molecule has 0 bridgehead atoms. The monoisotopic (exact) mass is 1310 g/mol. The third-order valence-electron chi connectivity index (χ3n) is 16.5. The lowest BCUT2D eigenvalue weighted by atomic mass is 9.99. The quantitative estimate of drug-likeness (QED) is 0.0222. The van der Waals surface area contributed by atoms with Crippen molar-refractivity contribution in [1.82, 2.24) is 0 Å². The molecule has 0 saturated heterocycles. The summed E-state index contributed by atoms with van der Waals surface area (Å²) in [6.07, 6.45) is 44.3.